The average Bonchev–Trinajstić information content (AvgIpc) is 2.81. The molecule has 2 aromatic heterocycles. The highest BCUT2D eigenvalue weighted by molar-refractivity contribution is 6.31. The number of hydrogen-bond acceptors (Lipinski definition) is 4. The SMILES string of the molecule is Cc1nn(Cc2ccccc2Cl)c(=O)c2[nH]c(=O)oc12. The predicted octanol–water partition coefficient (Wildman–Crippen LogP) is 1.69. The van der Waals surface area contributed by atoms with Crippen molar-refractivity contribution in [2.75, 3.05) is 0 Å². The number of benzene rings is 1. The Hall–Kier alpha value is -2.34. The van der Waals surface area contributed by atoms with Gasteiger partial charge in [-0.25, -0.2) is 9.48 Å². The largest absolute Gasteiger partial charge is 0.417 e. The quantitative estimate of drug-likeness (QED) is 0.779. The fraction of sp³-hybridized carbons (Fsp3) is 0.154. The highest BCUT2D eigenvalue weighted by Crippen LogP contribution is 2.16. The molecule has 0 saturated heterocycles. The van der Waals surface area contributed by atoms with Crippen molar-refractivity contribution in [1.29, 1.82) is 0 Å². The van der Waals surface area contributed by atoms with E-state index in [-0.39, 0.29) is 17.6 Å². The van der Waals surface area contributed by atoms with E-state index < -0.39 is 11.3 Å². The van der Waals surface area contributed by atoms with E-state index in [0.717, 1.165) is 5.56 Å². The van der Waals surface area contributed by atoms with Crippen molar-refractivity contribution in [3.8, 4) is 0 Å². The minimum absolute atomic E-state index is 0.120. The molecule has 0 amide bonds. The number of halogens is 1. The molecule has 1 N–H and O–H groups in total. The molecule has 20 heavy (non-hydrogen) atoms. The van der Waals surface area contributed by atoms with Crippen LogP contribution in [0.3, 0.4) is 0 Å². The molecule has 3 aromatic rings. The maximum atomic E-state index is 12.2. The minimum atomic E-state index is -0.669. The first-order valence-electron chi connectivity index (χ1n) is 5.90. The molecule has 3 rings (SSSR count). The maximum Gasteiger partial charge on any atom is 0.417 e. The van der Waals surface area contributed by atoms with Gasteiger partial charge < -0.3 is 4.42 Å². The Morgan fingerprint density at radius 3 is 2.85 bits per heavy atom. The number of aromatic nitrogens is 3. The van der Waals surface area contributed by atoms with Gasteiger partial charge in [-0.1, -0.05) is 29.8 Å². The summed E-state index contributed by atoms with van der Waals surface area (Å²) in [5.41, 5.74) is 1.12. The second kappa shape index (κ2) is 4.64. The van der Waals surface area contributed by atoms with Crippen molar-refractivity contribution in [2.24, 2.45) is 0 Å². The number of oxazole rings is 1. The fourth-order valence-corrected chi connectivity index (χ4v) is 2.22. The van der Waals surface area contributed by atoms with Gasteiger partial charge in [0, 0.05) is 5.02 Å². The van der Waals surface area contributed by atoms with Crippen molar-refractivity contribution in [3.05, 3.63) is 61.4 Å². The Labute approximate surface area is 117 Å². The van der Waals surface area contributed by atoms with Crippen LogP contribution in [0, 0.1) is 6.92 Å². The van der Waals surface area contributed by atoms with E-state index in [9.17, 15) is 9.59 Å². The summed E-state index contributed by atoms with van der Waals surface area (Å²) in [4.78, 5) is 25.8. The molecule has 102 valence electrons. The zero-order chi connectivity index (χ0) is 14.3. The molecular formula is C13H10ClN3O3. The van der Waals surface area contributed by atoms with Crippen LogP contribution in [-0.4, -0.2) is 14.8 Å². The van der Waals surface area contributed by atoms with E-state index in [2.05, 4.69) is 10.1 Å². The van der Waals surface area contributed by atoms with Crippen molar-refractivity contribution in [3.63, 3.8) is 0 Å². The van der Waals surface area contributed by atoms with Gasteiger partial charge in [-0.15, -0.1) is 0 Å². The second-order valence-corrected chi connectivity index (χ2v) is 4.77. The molecule has 0 fully saturated rings. The van der Waals surface area contributed by atoms with E-state index in [4.69, 9.17) is 16.0 Å². The van der Waals surface area contributed by atoms with Crippen molar-refractivity contribution < 1.29 is 4.42 Å². The molecule has 7 heteroatoms. The van der Waals surface area contributed by atoms with E-state index >= 15 is 0 Å². The molecule has 0 bridgehead atoms. The van der Waals surface area contributed by atoms with Crippen LogP contribution in [0.2, 0.25) is 5.02 Å². The number of fused-ring (bicyclic) bond motifs is 1. The van der Waals surface area contributed by atoms with Crippen LogP contribution in [0.15, 0.2) is 38.3 Å². The molecule has 1 aromatic carbocycles. The Morgan fingerprint density at radius 2 is 2.10 bits per heavy atom. The lowest BCUT2D eigenvalue weighted by Gasteiger charge is -2.07. The molecule has 0 radical (unpaired) electrons. The van der Waals surface area contributed by atoms with Gasteiger partial charge in [-0.2, -0.15) is 5.10 Å². The predicted molar refractivity (Wildman–Crippen MR) is 74.2 cm³/mol. The summed E-state index contributed by atoms with van der Waals surface area (Å²) in [6.07, 6.45) is 0. The number of aromatic amines is 1. The third kappa shape index (κ3) is 2.04. The topological polar surface area (TPSA) is 80.9 Å². The Bertz CT molecular complexity index is 907. The summed E-state index contributed by atoms with van der Waals surface area (Å²) in [5.74, 6) is -0.669. The van der Waals surface area contributed by atoms with Gasteiger partial charge in [0.1, 0.15) is 5.69 Å². The van der Waals surface area contributed by atoms with Gasteiger partial charge in [-0.3, -0.25) is 9.78 Å². The highest BCUT2D eigenvalue weighted by atomic mass is 35.5. The standard InChI is InChI=1S/C13H10ClN3O3/c1-7-11-10(15-13(19)20-11)12(18)17(16-7)6-8-4-2-3-5-9(8)14/h2-5H,6H2,1H3,(H,15,19). The summed E-state index contributed by atoms with van der Waals surface area (Å²) < 4.78 is 6.15. The number of hydrogen-bond donors (Lipinski definition) is 1. The van der Waals surface area contributed by atoms with Crippen LogP contribution < -0.4 is 11.3 Å². The zero-order valence-corrected chi connectivity index (χ0v) is 11.3. The lowest BCUT2D eigenvalue weighted by Crippen LogP contribution is -2.25. The molecule has 0 aliphatic heterocycles. The van der Waals surface area contributed by atoms with Gasteiger partial charge >= 0.3 is 5.76 Å². The molecule has 0 unspecified atom stereocenters. The summed E-state index contributed by atoms with van der Waals surface area (Å²) >= 11 is 6.07. The first-order valence-corrected chi connectivity index (χ1v) is 6.28. The Morgan fingerprint density at radius 1 is 1.35 bits per heavy atom. The van der Waals surface area contributed by atoms with Gasteiger partial charge in [0.25, 0.3) is 5.56 Å². The van der Waals surface area contributed by atoms with Crippen molar-refractivity contribution >= 4 is 22.7 Å². The highest BCUT2D eigenvalue weighted by Gasteiger charge is 2.13. The lowest BCUT2D eigenvalue weighted by atomic mass is 10.2. The van der Waals surface area contributed by atoms with E-state index in [1.807, 2.05) is 18.2 Å². The lowest BCUT2D eigenvalue weighted by molar-refractivity contribution is 0.546. The van der Waals surface area contributed by atoms with E-state index in [0.29, 0.717) is 10.7 Å². The van der Waals surface area contributed by atoms with E-state index in [1.54, 1.807) is 13.0 Å². The molecule has 0 aliphatic carbocycles. The first kappa shape index (κ1) is 12.7. The molecule has 2 heterocycles. The van der Waals surface area contributed by atoms with Crippen LogP contribution in [0.25, 0.3) is 11.1 Å². The summed E-state index contributed by atoms with van der Waals surface area (Å²) in [5, 5.41) is 4.70. The average molecular weight is 292 g/mol. The van der Waals surface area contributed by atoms with Gasteiger partial charge in [0.05, 0.1) is 6.54 Å². The number of nitrogens with one attached hydrogen (secondary N) is 1. The zero-order valence-electron chi connectivity index (χ0n) is 10.5. The normalized spacial score (nSPS) is 11.1. The number of H-pyrrole nitrogens is 1. The summed E-state index contributed by atoms with van der Waals surface area (Å²) in [7, 11) is 0. The Kier molecular flexibility index (Phi) is 2.94. The van der Waals surface area contributed by atoms with Crippen LogP contribution in [0.4, 0.5) is 0 Å². The third-order valence-electron chi connectivity index (χ3n) is 2.97. The maximum absolute atomic E-state index is 12.2. The minimum Gasteiger partial charge on any atom is -0.406 e. The van der Waals surface area contributed by atoms with Crippen molar-refractivity contribution in [1.82, 2.24) is 14.8 Å². The van der Waals surface area contributed by atoms with Gasteiger partial charge in [-0.05, 0) is 18.6 Å². The number of nitrogens with zero attached hydrogens (tertiary/aromatic N) is 2. The monoisotopic (exact) mass is 291 g/mol. The third-order valence-corrected chi connectivity index (χ3v) is 3.34. The molecule has 0 spiro atoms. The molecular weight excluding hydrogens is 282 g/mol. The number of aryl methyl sites for hydroxylation is 1. The van der Waals surface area contributed by atoms with Crippen LogP contribution in [-0.2, 0) is 6.54 Å². The van der Waals surface area contributed by atoms with Crippen LogP contribution >= 0.6 is 11.6 Å². The summed E-state index contributed by atoms with van der Waals surface area (Å²) in [6, 6.07) is 7.20. The fourth-order valence-electron chi connectivity index (χ4n) is 2.03. The summed E-state index contributed by atoms with van der Waals surface area (Å²) in [6.45, 7) is 1.89. The molecule has 6 nitrogen and oxygen atoms in total. The second-order valence-electron chi connectivity index (χ2n) is 4.36. The van der Waals surface area contributed by atoms with Crippen LogP contribution in [0.1, 0.15) is 11.3 Å². The van der Waals surface area contributed by atoms with E-state index in [1.165, 1.54) is 4.68 Å². The Balaban J connectivity index is 2.18. The molecule has 0 aliphatic rings. The van der Waals surface area contributed by atoms with Gasteiger partial charge in [0.2, 0.25) is 0 Å². The smallest absolute Gasteiger partial charge is 0.406 e. The molecule has 0 atom stereocenters. The molecule has 0 saturated carbocycles. The number of rotatable bonds is 2. The van der Waals surface area contributed by atoms with Crippen molar-refractivity contribution in [2.45, 2.75) is 13.5 Å². The van der Waals surface area contributed by atoms with Crippen LogP contribution in [0.5, 0.6) is 0 Å². The first-order chi connectivity index (χ1) is 9.56. The van der Waals surface area contributed by atoms with Gasteiger partial charge in [0.15, 0.2) is 11.1 Å².